The Morgan fingerprint density at radius 1 is 1.19 bits per heavy atom. The lowest BCUT2D eigenvalue weighted by atomic mass is 10.0. The normalized spacial score (nSPS) is 10.3. The Hall–Kier alpha value is -2.47. The number of carbonyl (C=O) groups excluding carboxylic acids is 2. The molecule has 144 valence electrons. The average Bonchev–Trinajstić information content (AvgIpc) is 2.68. The molecule has 0 atom stereocenters. The average molecular weight is 387 g/mol. The highest BCUT2D eigenvalue weighted by atomic mass is 32.2. The van der Waals surface area contributed by atoms with Gasteiger partial charge in [-0.25, -0.2) is 4.79 Å². The van der Waals surface area contributed by atoms with Gasteiger partial charge in [0, 0.05) is 30.6 Å². The summed E-state index contributed by atoms with van der Waals surface area (Å²) in [7, 11) is 1.72. The van der Waals surface area contributed by atoms with Crippen LogP contribution in [-0.4, -0.2) is 37.3 Å². The number of aryl methyl sites for hydroxylation is 1. The molecule has 2 aromatic carbocycles. The van der Waals surface area contributed by atoms with Crippen LogP contribution >= 0.6 is 11.8 Å². The first-order valence-electron chi connectivity index (χ1n) is 8.90. The summed E-state index contributed by atoms with van der Waals surface area (Å²) in [5, 5.41) is 2.76. The number of hydrogen-bond donors (Lipinski definition) is 1. The fraction of sp³-hybridized carbons (Fsp3) is 0.333. The molecule has 2 aromatic rings. The quantitative estimate of drug-likeness (QED) is 0.514. The monoisotopic (exact) mass is 386 g/mol. The smallest absolute Gasteiger partial charge is 0.411 e. The van der Waals surface area contributed by atoms with Crippen molar-refractivity contribution in [1.29, 1.82) is 0 Å². The molecule has 0 spiro atoms. The van der Waals surface area contributed by atoms with Crippen LogP contribution in [0, 0.1) is 0 Å². The van der Waals surface area contributed by atoms with Crippen LogP contribution in [0.4, 0.5) is 10.5 Å². The van der Waals surface area contributed by atoms with Crippen LogP contribution in [0.3, 0.4) is 0 Å². The van der Waals surface area contributed by atoms with Crippen molar-refractivity contribution < 1.29 is 14.3 Å². The molecule has 0 aliphatic rings. The van der Waals surface area contributed by atoms with Gasteiger partial charge in [-0.3, -0.25) is 10.1 Å². The van der Waals surface area contributed by atoms with E-state index in [0.29, 0.717) is 25.3 Å². The summed E-state index contributed by atoms with van der Waals surface area (Å²) in [5.74, 6) is 0. The zero-order valence-electron chi connectivity index (χ0n) is 16.0. The maximum absolute atomic E-state index is 12.1. The number of ether oxygens (including phenoxy) is 1. The van der Waals surface area contributed by atoms with Gasteiger partial charge in [-0.2, -0.15) is 0 Å². The molecule has 0 aliphatic carbocycles. The number of carbonyl (C=O) groups is 2. The Balaban J connectivity index is 1.93. The predicted molar refractivity (Wildman–Crippen MR) is 110 cm³/mol. The summed E-state index contributed by atoms with van der Waals surface area (Å²) < 4.78 is 5.33. The van der Waals surface area contributed by atoms with E-state index in [2.05, 4.69) is 24.4 Å². The van der Waals surface area contributed by atoms with E-state index in [-0.39, 0.29) is 0 Å². The first kappa shape index (κ1) is 20.8. The van der Waals surface area contributed by atoms with Gasteiger partial charge < -0.3 is 9.64 Å². The molecule has 5 nitrogen and oxygen atoms in total. The minimum atomic E-state index is -0.476. The Morgan fingerprint density at radius 3 is 2.59 bits per heavy atom. The van der Waals surface area contributed by atoms with E-state index in [0.717, 1.165) is 23.3 Å². The van der Waals surface area contributed by atoms with Crippen LogP contribution in [0.25, 0.3) is 0 Å². The van der Waals surface area contributed by atoms with E-state index in [9.17, 15) is 9.59 Å². The lowest BCUT2D eigenvalue weighted by molar-refractivity contribution is -0.117. The van der Waals surface area contributed by atoms with E-state index in [4.69, 9.17) is 4.74 Å². The van der Waals surface area contributed by atoms with Gasteiger partial charge in [-0.15, -0.1) is 11.8 Å². The largest absolute Gasteiger partial charge is 0.449 e. The second kappa shape index (κ2) is 10.6. The molecule has 27 heavy (non-hydrogen) atoms. The molecule has 0 bridgehead atoms. The topological polar surface area (TPSA) is 58.6 Å². The number of nitrogens with one attached hydrogen (secondary N) is 1. The first-order chi connectivity index (χ1) is 13.1. The van der Waals surface area contributed by atoms with Crippen molar-refractivity contribution >= 4 is 30.0 Å². The number of rotatable bonds is 9. The second-order valence-corrected chi connectivity index (χ2v) is 7.03. The van der Waals surface area contributed by atoms with E-state index >= 15 is 0 Å². The highest BCUT2D eigenvalue weighted by molar-refractivity contribution is 7.98. The SMILES string of the molecule is CCc1ccccc1CCOC(=O)Nc1ccc(SC)c(CN(C)C=O)c1. The number of nitrogens with zero attached hydrogens (tertiary/aromatic N) is 1. The molecule has 0 saturated carbocycles. The maximum atomic E-state index is 12.1. The van der Waals surface area contributed by atoms with Crippen molar-refractivity contribution in [3.63, 3.8) is 0 Å². The Morgan fingerprint density at radius 2 is 1.93 bits per heavy atom. The maximum Gasteiger partial charge on any atom is 0.411 e. The van der Waals surface area contributed by atoms with Crippen molar-refractivity contribution in [3.05, 3.63) is 59.2 Å². The Kier molecular flexibility index (Phi) is 8.20. The molecule has 0 heterocycles. The zero-order valence-corrected chi connectivity index (χ0v) is 16.8. The molecule has 0 unspecified atom stereocenters. The van der Waals surface area contributed by atoms with E-state index in [1.807, 2.05) is 36.6 Å². The third kappa shape index (κ3) is 6.32. The zero-order chi connectivity index (χ0) is 19.6. The van der Waals surface area contributed by atoms with Crippen LogP contribution in [0.1, 0.15) is 23.6 Å². The number of hydrogen-bond acceptors (Lipinski definition) is 4. The van der Waals surface area contributed by atoms with Crippen molar-refractivity contribution in [3.8, 4) is 0 Å². The van der Waals surface area contributed by atoms with Gasteiger partial charge in [0.05, 0.1) is 6.61 Å². The molecule has 2 rings (SSSR count). The summed E-state index contributed by atoms with van der Waals surface area (Å²) >= 11 is 1.60. The van der Waals surface area contributed by atoms with E-state index < -0.39 is 6.09 Å². The summed E-state index contributed by atoms with van der Waals surface area (Å²) in [6.45, 7) is 2.93. The molecule has 0 saturated heterocycles. The van der Waals surface area contributed by atoms with Gasteiger partial charge in [-0.1, -0.05) is 31.2 Å². The third-order valence-electron chi connectivity index (χ3n) is 4.23. The summed E-state index contributed by atoms with van der Waals surface area (Å²) in [6, 6.07) is 13.8. The molecule has 2 amide bonds. The molecule has 0 aliphatic heterocycles. The van der Waals surface area contributed by atoms with E-state index in [1.165, 1.54) is 11.1 Å². The highest BCUT2D eigenvalue weighted by Gasteiger charge is 2.09. The van der Waals surface area contributed by atoms with Gasteiger partial charge in [0.2, 0.25) is 6.41 Å². The second-order valence-electron chi connectivity index (χ2n) is 6.18. The van der Waals surface area contributed by atoms with E-state index in [1.54, 1.807) is 23.7 Å². The summed E-state index contributed by atoms with van der Waals surface area (Å²) in [5.41, 5.74) is 4.11. The lowest BCUT2D eigenvalue weighted by Gasteiger charge is -2.15. The van der Waals surface area contributed by atoms with Crippen molar-refractivity contribution in [2.24, 2.45) is 0 Å². The van der Waals surface area contributed by atoms with Crippen molar-refractivity contribution in [2.45, 2.75) is 31.2 Å². The molecular weight excluding hydrogens is 360 g/mol. The predicted octanol–water partition coefficient (Wildman–Crippen LogP) is 4.35. The van der Waals surface area contributed by atoms with Gasteiger partial charge in [0.15, 0.2) is 0 Å². The molecule has 1 N–H and O–H groups in total. The van der Waals surface area contributed by atoms with Crippen molar-refractivity contribution in [1.82, 2.24) is 4.90 Å². The number of thioether (sulfide) groups is 1. The van der Waals surface area contributed by atoms with Crippen LogP contribution in [0.2, 0.25) is 0 Å². The molecule has 0 fully saturated rings. The highest BCUT2D eigenvalue weighted by Crippen LogP contribution is 2.25. The molecular formula is C21H26N2O3S. The van der Waals surface area contributed by atoms with Crippen molar-refractivity contribution in [2.75, 3.05) is 25.2 Å². The standard InChI is InChI=1S/C21H26N2O3S/c1-4-16-7-5-6-8-17(16)11-12-26-21(25)22-19-9-10-20(27-3)18(13-19)14-23(2)15-24/h5-10,13,15H,4,11-12,14H2,1-3H3,(H,22,25). The summed E-state index contributed by atoms with van der Waals surface area (Å²) in [4.78, 5) is 25.6. The van der Waals surface area contributed by atoms with Gasteiger partial charge in [0.25, 0.3) is 0 Å². The summed E-state index contributed by atoms with van der Waals surface area (Å²) in [6.07, 6.45) is 3.94. The van der Waals surface area contributed by atoms with Crippen LogP contribution in [0.5, 0.6) is 0 Å². The minimum Gasteiger partial charge on any atom is -0.449 e. The number of anilines is 1. The Bertz CT molecular complexity index is 780. The Labute approximate surface area is 165 Å². The van der Waals surface area contributed by atoms with Crippen LogP contribution in [0.15, 0.2) is 47.4 Å². The van der Waals surface area contributed by atoms with Crippen LogP contribution < -0.4 is 5.32 Å². The van der Waals surface area contributed by atoms with Gasteiger partial charge in [-0.05, 0) is 47.6 Å². The third-order valence-corrected chi connectivity index (χ3v) is 5.07. The van der Waals surface area contributed by atoms with Crippen LogP contribution in [-0.2, 0) is 28.9 Å². The molecule has 0 aromatic heterocycles. The van der Waals surface area contributed by atoms with Gasteiger partial charge >= 0.3 is 6.09 Å². The minimum absolute atomic E-state index is 0.326. The fourth-order valence-corrected chi connectivity index (χ4v) is 3.43. The lowest BCUT2D eigenvalue weighted by Crippen LogP contribution is -2.17. The molecule has 0 radical (unpaired) electrons. The first-order valence-corrected chi connectivity index (χ1v) is 10.1. The fourth-order valence-electron chi connectivity index (χ4n) is 2.84. The molecule has 6 heteroatoms. The number of benzene rings is 2. The van der Waals surface area contributed by atoms with Gasteiger partial charge in [0.1, 0.15) is 0 Å². The number of amides is 2.